The molecule has 0 amide bonds. The fourth-order valence-electron chi connectivity index (χ4n) is 1.69. The average Bonchev–Trinajstić information content (AvgIpc) is 2.38. The molecule has 0 saturated heterocycles. The summed E-state index contributed by atoms with van der Waals surface area (Å²) in [5, 5.41) is 3.47. The van der Waals surface area contributed by atoms with Gasteiger partial charge in [0, 0.05) is 32.9 Å². The van der Waals surface area contributed by atoms with E-state index in [-0.39, 0.29) is 0 Å². The molecule has 0 bridgehead atoms. The lowest BCUT2D eigenvalue weighted by molar-refractivity contribution is 0.0403. The number of hydrogen-bond donors (Lipinski definition) is 1. The molecule has 1 atom stereocenters. The minimum atomic E-state index is 0.580. The Morgan fingerprint density at radius 2 is 1.53 bits per heavy atom. The largest absolute Gasteiger partial charge is 0.385 e. The van der Waals surface area contributed by atoms with Crippen molar-refractivity contribution in [3.05, 3.63) is 0 Å². The summed E-state index contributed by atoms with van der Waals surface area (Å²) < 4.78 is 15.8. The van der Waals surface area contributed by atoms with Crippen LogP contribution in [0.4, 0.5) is 0 Å². The Morgan fingerprint density at radius 3 is 2.16 bits per heavy atom. The highest BCUT2D eigenvalue weighted by Crippen LogP contribution is 2.05. The van der Waals surface area contributed by atoms with Gasteiger partial charge < -0.3 is 19.5 Å². The van der Waals surface area contributed by atoms with E-state index < -0.39 is 0 Å². The molecule has 0 aliphatic rings. The SMILES string of the molecule is COCCCOCCOCCNC(C)CCC(C)C. The monoisotopic (exact) mass is 275 g/mol. The highest BCUT2D eigenvalue weighted by Gasteiger charge is 2.02. The Hall–Kier alpha value is -0.160. The van der Waals surface area contributed by atoms with E-state index in [0.29, 0.717) is 19.3 Å². The Kier molecular flexibility index (Phi) is 14.1. The molecule has 0 spiro atoms. The van der Waals surface area contributed by atoms with Crippen LogP contribution in [0.15, 0.2) is 0 Å². The van der Waals surface area contributed by atoms with Gasteiger partial charge in [-0.2, -0.15) is 0 Å². The summed E-state index contributed by atoms with van der Waals surface area (Å²) in [5.41, 5.74) is 0. The molecule has 0 fully saturated rings. The molecule has 0 aromatic rings. The number of ether oxygens (including phenoxy) is 3. The van der Waals surface area contributed by atoms with E-state index in [4.69, 9.17) is 14.2 Å². The van der Waals surface area contributed by atoms with E-state index >= 15 is 0 Å². The molecule has 0 aromatic carbocycles. The third kappa shape index (κ3) is 15.8. The summed E-state index contributed by atoms with van der Waals surface area (Å²) in [5.74, 6) is 0.788. The third-order valence-electron chi connectivity index (χ3n) is 2.93. The van der Waals surface area contributed by atoms with Crippen molar-refractivity contribution in [1.29, 1.82) is 0 Å². The molecule has 0 heterocycles. The van der Waals surface area contributed by atoms with Crippen molar-refractivity contribution in [2.45, 2.75) is 46.1 Å². The summed E-state index contributed by atoms with van der Waals surface area (Å²) in [6, 6.07) is 0.580. The van der Waals surface area contributed by atoms with Crippen LogP contribution in [-0.4, -0.2) is 52.7 Å². The summed E-state index contributed by atoms with van der Waals surface area (Å²) in [6.45, 7) is 11.3. The van der Waals surface area contributed by atoms with Gasteiger partial charge in [0.25, 0.3) is 0 Å². The first-order chi connectivity index (χ1) is 9.16. The van der Waals surface area contributed by atoms with Crippen LogP contribution in [0, 0.1) is 5.92 Å². The van der Waals surface area contributed by atoms with Crippen LogP contribution in [0.3, 0.4) is 0 Å². The van der Waals surface area contributed by atoms with Crippen LogP contribution in [0.2, 0.25) is 0 Å². The third-order valence-corrected chi connectivity index (χ3v) is 2.93. The van der Waals surface area contributed by atoms with Crippen molar-refractivity contribution in [3.63, 3.8) is 0 Å². The Balaban J connectivity index is 3.09. The minimum absolute atomic E-state index is 0.580. The molecule has 1 N–H and O–H groups in total. The molecule has 0 aromatic heterocycles. The van der Waals surface area contributed by atoms with Gasteiger partial charge >= 0.3 is 0 Å². The first-order valence-electron chi connectivity index (χ1n) is 7.54. The maximum Gasteiger partial charge on any atom is 0.0701 e. The van der Waals surface area contributed by atoms with Gasteiger partial charge in [0.1, 0.15) is 0 Å². The van der Waals surface area contributed by atoms with Crippen molar-refractivity contribution in [1.82, 2.24) is 5.32 Å². The molecular weight excluding hydrogens is 242 g/mol. The first kappa shape index (κ1) is 18.8. The van der Waals surface area contributed by atoms with E-state index in [1.165, 1.54) is 12.8 Å². The second-order valence-electron chi connectivity index (χ2n) is 5.40. The number of rotatable bonds is 14. The second kappa shape index (κ2) is 14.3. The maximum atomic E-state index is 5.50. The summed E-state index contributed by atoms with van der Waals surface area (Å²) in [6.07, 6.45) is 3.47. The maximum absolute atomic E-state index is 5.50. The predicted octanol–water partition coefficient (Wildman–Crippen LogP) is 2.47. The van der Waals surface area contributed by atoms with E-state index in [1.54, 1.807) is 7.11 Å². The summed E-state index contributed by atoms with van der Waals surface area (Å²) >= 11 is 0. The van der Waals surface area contributed by atoms with Crippen molar-refractivity contribution in [2.24, 2.45) is 5.92 Å². The zero-order valence-electron chi connectivity index (χ0n) is 13.2. The van der Waals surface area contributed by atoms with Crippen LogP contribution in [0.1, 0.15) is 40.0 Å². The van der Waals surface area contributed by atoms with Gasteiger partial charge in [-0.15, -0.1) is 0 Å². The van der Waals surface area contributed by atoms with Crippen LogP contribution in [0.25, 0.3) is 0 Å². The smallest absolute Gasteiger partial charge is 0.0701 e. The highest BCUT2D eigenvalue weighted by atomic mass is 16.5. The highest BCUT2D eigenvalue weighted by molar-refractivity contribution is 4.61. The quantitative estimate of drug-likeness (QED) is 0.494. The van der Waals surface area contributed by atoms with Crippen LogP contribution in [-0.2, 0) is 14.2 Å². The summed E-state index contributed by atoms with van der Waals surface area (Å²) in [4.78, 5) is 0. The van der Waals surface area contributed by atoms with Crippen LogP contribution < -0.4 is 5.32 Å². The second-order valence-corrected chi connectivity index (χ2v) is 5.40. The zero-order chi connectivity index (χ0) is 14.3. The Labute approximate surface area is 119 Å². The molecule has 0 saturated carbocycles. The van der Waals surface area contributed by atoms with Crippen LogP contribution in [0.5, 0.6) is 0 Å². The topological polar surface area (TPSA) is 39.7 Å². The van der Waals surface area contributed by atoms with Gasteiger partial charge in [-0.1, -0.05) is 13.8 Å². The molecule has 0 rings (SSSR count). The molecule has 19 heavy (non-hydrogen) atoms. The van der Waals surface area contributed by atoms with Crippen molar-refractivity contribution in [2.75, 3.05) is 46.7 Å². The molecule has 4 nitrogen and oxygen atoms in total. The lowest BCUT2D eigenvalue weighted by Gasteiger charge is -2.15. The zero-order valence-corrected chi connectivity index (χ0v) is 13.2. The standard InChI is InChI=1S/C15H33NO3/c1-14(2)6-7-15(3)16-8-11-19-13-12-18-10-5-9-17-4/h14-16H,5-13H2,1-4H3. The van der Waals surface area contributed by atoms with E-state index in [0.717, 1.165) is 38.7 Å². The fraction of sp³-hybridized carbons (Fsp3) is 1.00. The van der Waals surface area contributed by atoms with E-state index in [1.807, 2.05) is 0 Å². The molecule has 0 aliphatic carbocycles. The number of nitrogens with one attached hydrogen (secondary N) is 1. The Bertz CT molecular complexity index is 177. The van der Waals surface area contributed by atoms with Gasteiger partial charge in [0.15, 0.2) is 0 Å². The van der Waals surface area contributed by atoms with Crippen LogP contribution >= 0.6 is 0 Å². The number of methoxy groups -OCH3 is 1. The summed E-state index contributed by atoms with van der Waals surface area (Å²) in [7, 11) is 1.71. The van der Waals surface area contributed by atoms with Gasteiger partial charge in [0.2, 0.25) is 0 Å². The molecule has 116 valence electrons. The minimum Gasteiger partial charge on any atom is -0.385 e. The average molecular weight is 275 g/mol. The van der Waals surface area contributed by atoms with Crippen molar-refractivity contribution < 1.29 is 14.2 Å². The Morgan fingerprint density at radius 1 is 0.842 bits per heavy atom. The fourth-order valence-corrected chi connectivity index (χ4v) is 1.69. The van der Waals surface area contributed by atoms with E-state index in [2.05, 4.69) is 26.1 Å². The normalized spacial score (nSPS) is 13.1. The molecule has 4 heteroatoms. The van der Waals surface area contributed by atoms with Crippen molar-refractivity contribution >= 4 is 0 Å². The molecular formula is C15H33NO3. The molecule has 0 aliphatic heterocycles. The van der Waals surface area contributed by atoms with Gasteiger partial charge in [-0.25, -0.2) is 0 Å². The lowest BCUT2D eigenvalue weighted by atomic mass is 10.0. The predicted molar refractivity (Wildman–Crippen MR) is 79.7 cm³/mol. The lowest BCUT2D eigenvalue weighted by Crippen LogP contribution is -2.30. The first-order valence-corrected chi connectivity index (χ1v) is 7.54. The number of hydrogen-bond acceptors (Lipinski definition) is 4. The van der Waals surface area contributed by atoms with Gasteiger partial charge in [0.05, 0.1) is 19.8 Å². The van der Waals surface area contributed by atoms with Gasteiger partial charge in [-0.05, 0) is 32.1 Å². The van der Waals surface area contributed by atoms with E-state index in [9.17, 15) is 0 Å². The molecule has 0 radical (unpaired) electrons. The molecule has 1 unspecified atom stereocenters. The van der Waals surface area contributed by atoms with Gasteiger partial charge in [-0.3, -0.25) is 0 Å². The van der Waals surface area contributed by atoms with Crippen molar-refractivity contribution in [3.8, 4) is 0 Å².